The zero-order chi connectivity index (χ0) is 17.5. The van der Waals surface area contributed by atoms with E-state index in [0.29, 0.717) is 13.0 Å². The van der Waals surface area contributed by atoms with Crippen LogP contribution < -0.4 is 10.2 Å². The quantitative estimate of drug-likeness (QED) is 0.880. The Morgan fingerprint density at radius 3 is 2.24 bits per heavy atom. The Balaban J connectivity index is 1.95. The molecular formula is C21H26N2O2. The third-order valence-electron chi connectivity index (χ3n) is 4.88. The average Bonchev–Trinajstić information content (AvgIpc) is 2.64. The topological polar surface area (TPSA) is 41.6 Å². The van der Waals surface area contributed by atoms with Gasteiger partial charge < -0.3 is 15.0 Å². The van der Waals surface area contributed by atoms with Crippen LogP contribution in [0.1, 0.15) is 18.4 Å². The molecule has 0 unspecified atom stereocenters. The van der Waals surface area contributed by atoms with Crippen molar-refractivity contribution in [2.45, 2.75) is 24.8 Å². The van der Waals surface area contributed by atoms with E-state index in [1.807, 2.05) is 65.6 Å². The van der Waals surface area contributed by atoms with Crippen LogP contribution in [0.3, 0.4) is 0 Å². The standard InChI is InChI=1S/C21H26N2O2/c1-25-17-21(12-14-22-15-13-21)23(19-10-6-3-7-11-19)20(24)16-18-8-4-2-5-9-18/h2-11,22H,12-17H2,1H3. The number of nitrogens with zero attached hydrogens (tertiary/aromatic N) is 1. The molecule has 0 radical (unpaired) electrons. The molecule has 2 aromatic carbocycles. The number of anilines is 1. The molecule has 0 atom stereocenters. The second kappa shape index (κ2) is 8.28. The third kappa shape index (κ3) is 4.09. The first-order chi connectivity index (χ1) is 12.2. The minimum Gasteiger partial charge on any atom is -0.382 e. The van der Waals surface area contributed by atoms with Gasteiger partial charge in [0, 0.05) is 12.8 Å². The van der Waals surface area contributed by atoms with Crippen LogP contribution in [0.15, 0.2) is 60.7 Å². The van der Waals surface area contributed by atoms with Gasteiger partial charge in [0.2, 0.25) is 5.91 Å². The summed E-state index contributed by atoms with van der Waals surface area (Å²) in [5.41, 5.74) is 1.69. The monoisotopic (exact) mass is 338 g/mol. The Kier molecular flexibility index (Phi) is 5.84. The van der Waals surface area contributed by atoms with Gasteiger partial charge in [-0.25, -0.2) is 0 Å². The number of methoxy groups -OCH3 is 1. The Morgan fingerprint density at radius 1 is 1.04 bits per heavy atom. The summed E-state index contributed by atoms with van der Waals surface area (Å²) in [5.74, 6) is 0.122. The first-order valence-corrected chi connectivity index (χ1v) is 8.87. The third-order valence-corrected chi connectivity index (χ3v) is 4.88. The van der Waals surface area contributed by atoms with Gasteiger partial charge in [-0.05, 0) is 43.6 Å². The summed E-state index contributed by atoms with van der Waals surface area (Å²) >= 11 is 0. The van der Waals surface area contributed by atoms with Crippen molar-refractivity contribution >= 4 is 11.6 Å². The van der Waals surface area contributed by atoms with E-state index in [0.717, 1.165) is 37.2 Å². The van der Waals surface area contributed by atoms with Crippen LogP contribution in [0.25, 0.3) is 0 Å². The number of para-hydroxylation sites is 1. The van der Waals surface area contributed by atoms with Crippen LogP contribution in [-0.2, 0) is 16.0 Å². The fraction of sp³-hybridized carbons (Fsp3) is 0.381. The number of ether oxygens (including phenoxy) is 1. The summed E-state index contributed by atoms with van der Waals surface area (Å²) < 4.78 is 5.57. The van der Waals surface area contributed by atoms with Crippen molar-refractivity contribution < 1.29 is 9.53 Å². The molecule has 1 heterocycles. The highest BCUT2D eigenvalue weighted by atomic mass is 16.5. The minimum absolute atomic E-state index is 0.122. The average molecular weight is 338 g/mol. The lowest BCUT2D eigenvalue weighted by Gasteiger charge is -2.46. The van der Waals surface area contributed by atoms with E-state index in [4.69, 9.17) is 4.74 Å². The van der Waals surface area contributed by atoms with Crippen molar-refractivity contribution in [1.82, 2.24) is 5.32 Å². The molecule has 0 aromatic heterocycles. The van der Waals surface area contributed by atoms with Crippen molar-refractivity contribution in [2.75, 3.05) is 31.7 Å². The number of piperidine rings is 1. The molecule has 1 amide bonds. The van der Waals surface area contributed by atoms with Gasteiger partial charge in [-0.15, -0.1) is 0 Å². The molecule has 0 aliphatic carbocycles. The van der Waals surface area contributed by atoms with Crippen LogP contribution in [0, 0.1) is 0 Å². The summed E-state index contributed by atoms with van der Waals surface area (Å²) in [5, 5.41) is 3.40. The smallest absolute Gasteiger partial charge is 0.232 e. The van der Waals surface area contributed by atoms with Gasteiger partial charge in [0.25, 0.3) is 0 Å². The van der Waals surface area contributed by atoms with Crippen molar-refractivity contribution in [1.29, 1.82) is 0 Å². The molecular weight excluding hydrogens is 312 g/mol. The van der Waals surface area contributed by atoms with Gasteiger partial charge in [0.15, 0.2) is 0 Å². The second-order valence-electron chi connectivity index (χ2n) is 6.63. The van der Waals surface area contributed by atoms with Gasteiger partial charge in [0.05, 0.1) is 18.6 Å². The lowest BCUT2D eigenvalue weighted by atomic mass is 9.86. The van der Waals surface area contributed by atoms with E-state index < -0.39 is 0 Å². The molecule has 0 spiro atoms. The number of benzene rings is 2. The second-order valence-corrected chi connectivity index (χ2v) is 6.63. The Morgan fingerprint density at radius 2 is 1.64 bits per heavy atom. The molecule has 3 rings (SSSR count). The summed E-state index contributed by atoms with van der Waals surface area (Å²) in [7, 11) is 1.72. The molecule has 132 valence electrons. The van der Waals surface area contributed by atoms with Crippen molar-refractivity contribution in [2.24, 2.45) is 0 Å². The summed E-state index contributed by atoms with van der Waals surface area (Å²) in [6.07, 6.45) is 2.17. The highest BCUT2D eigenvalue weighted by Gasteiger charge is 2.41. The van der Waals surface area contributed by atoms with Crippen LogP contribution in [0.4, 0.5) is 5.69 Å². The maximum Gasteiger partial charge on any atom is 0.232 e. The molecule has 4 nitrogen and oxygen atoms in total. The Labute approximate surface area is 149 Å². The summed E-state index contributed by atoms with van der Waals surface area (Å²) in [6, 6.07) is 19.9. The van der Waals surface area contributed by atoms with E-state index >= 15 is 0 Å². The lowest BCUT2D eigenvalue weighted by Crippen LogP contribution is -2.60. The largest absolute Gasteiger partial charge is 0.382 e. The molecule has 2 aromatic rings. The van der Waals surface area contributed by atoms with Crippen molar-refractivity contribution in [3.63, 3.8) is 0 Å². The lowest BCUT2D eigenvalue weighted by molar-refractivity contribution is -0.120. The maximum atomic E-state index is 13.3. The molecule has 0 bridgehead atoms. The van der Waals surface area contributed by atoms with Gasteiger partial charge in [-0.1, -0.05) is 48.5 Å². The number of carbonyl (C=O) groups excluding carboxylic acids is 1. The number of amides is 1. The van der Waals surface area contributed by atoms with Crippen molar-refractivity contribution in [3.05, 3.63) is 66.2 Å². The number of carbonyl (C=O) groups is 1. The fourth-order valence-corrected chi connectivity index (χ4v) is 3.70. The van der Waals surface area contributed by atoms with Crippen LogP contribution in [0.5, 0.6) is 0 Å². The Bertz CT molecular complexity index is 661. The van der Waals surface area contributed by atoms with Gasteiger partial charge >= 0.3 is 0 Å². The van der Waals surface area contributed by atoms with Gasteiger partial charge in [-0.2, -0.15) is 0 Å². The predicted octanol–water partition coefficient (Wildman–Crippen LogP) is 3.03. The number of rotatable bonds is 6. The van der Waals surface area contributed by atoms with Gasteiger partial charge in [0.1, 0.15) is 0 Å². The highest BCUT2D eigenvalue weighted by molar-refractivity contribution is 5.96. The molecule has 25 heavy (non-hydrogen) atoms. The van der Waals surface area contributed by atoms with E-state index in [2.05, 4.69) is 5.32 Å². The molecule has 1 N–H and O–H groups in total. The summed E-state index contributed by atoms with van der Waals surface area (Å²) in [6.45, 7) is 2.33. The first-order valence-electron chi connectivity index (χ1n) is 8.87. The van der Waals surface area contributed by atoms with Crippen molar-refractivity contribution in [3.8, 4) is 0 Å². The molecule has 1 aliphatic rings. The zero-order valence-electron chi connectivity index (χ0n) is 14.8. The normalized spacial score (nSPS) is 16.4. The summed E-state index contributed by atoms with van der Waals surface area (Å²) in [4.78, 5) is 15.3. The molecule has 1 aliphatic heterocycles. The number of hydrogen-bond donors (Lipinski definition) is 1. The fourth-order valence-electron chi connectivity index (χ4n) is 3.70. The Hall–Kier alpha value is -2.17. The minimum atomic E-state index is -0.298. The number of hydrogen-bond acceptors (Lipinski definition) is 3. The van der Waals surface area contributed by atoms with E-state index in [1.165, 1.54) is 0 Å². The van der Waals surface area contributed by atoms with E-state index in [-0.39, 0.29) is 11.4 Å². The molecule has 0 saturated carbocycles. The van der Waals surface area contributed by atoms with Crippen LogP contribution >= 0.6 is 0 Å². The molecule has 1 fully saturated rings. The predicted molar refractivity (Wildman–Crippen MR) is 101 cm³/mol. The first kappa shape index (κ1) is 17.6. The van der Waals surface area contributed by atoms with Crippen LogP contribution in [0.2, 0.25) is 0 Å². The van der Waals surface area contributed by atoms with E-state index in [9.17, 15) is 4.79 Å². The molecule has 1 saturated heterocycles. The highest BCUT2D eigenvalue weighted by Crippen LogP contribution is 2.32. The van der Waals surface area contributed by atoms with Gasteiger partial charge in [-0.3, -0.25) is 4.79 Å². The molecule has 4 heteroatoms. The van der Waals surface area contributed by atoms with Crippen LogP contribution in [-0.4, -0.2) is 38.3 Å². The SMILES string of the molecule is COCC1(N(C(=O)Cc2ccccc2)c2ccccc2)CCNCC1. The number of nitrogens with one attached hydrogen (secondary N) is 1. The maximum absolute atomic E-state index is 13.3. The van der Waals surface area contributed by atoms with E-state index in [1.54, 1.807) is 7.11 Å². The zero-order valence-corrected chi connectivity index (χ0v) is 14.8.